The first-order valence-electron chi connectivity index (χ1n) is 10.9. The molecule has 6 nitrogen and oxygen atoms in total. The average molecular weight is 428 g/mol. The molecule has 0 N–H and O–H groups in total. The van der Waals surface area contributed by atoms with Crippen LogP contribution in [0.5, 0.6) is 0 Å². The molecule has 4 aromatic heterocycles. The van der Waals surface area contributed by atoms with Crippen LogP contribution in [0.2, 0.25) is 0 Å². The highest BCUT2D eigenvalue weighted by atomic mass is 14.9. The van der Waals surface area contributed by atoms with Gasteiger partial charge in [0.25, 0.3) is 0 Å². The summed E-state index contributed by atoms with van der Waals surface area (Å²) in [4.78, 5) is 26.4. The van der Waals surface area contributed by atoms with Crippen LogP contribution >= 0.6 is 0 Å². The lowest BCUT2D eigenvalue weighted by atomic mass is 9.93. The van der Waals surface area contributed by atoms with E-state index in [4.69, 9.17) is 4.98 Å². The monoisotopic (exact) mass is 428 g/mol. The van der Waals surface area contributed by atoms with Crippen LogP contribution in [0.1, 0.15) is 27.9 Å². The van der Waals surface area contributed by atoms with Crippen LogP contribution < -0.4 is 0 Å². The van der Waals surface area contributed by atoms with Crippen molar-refractivity contribution in [2.45, 2.75) is 19.8 Å². The van der Waals surface area contributed by atoms with Crippen molar-refractivity contribution in [2.24, 2.45) is 0 Å². The zero-order chi connectivity index (χ0) is 22.2. The SMILES string of the molecule is Cc1ccc(Cc2ccc(Cc3ncnc4cncnc34)c3cccnc23)c2ccncc12. The molecule has 158 valence electrons. The van der Waals surface area contributed by atoms with Gasteiger partial charge in [-0.3, -0.25) is 9.97 Å². The molecule has 4 heterocycles. The summed E-state index contributed by atoms with van der Waals surface area (Å²) < 4.78 is 0. The van der Waals surface area contributed by atoms with Gasteiger partial charge in [0.15, 0.2) is 0 Å². The highest BCUT2D eigenvalue weighted by molar-refractivity contribution is 5.90. The van der Waals surface area contributed by atoms with Crippen LogP contribution in [0, 0.1) is 6.92 Å². The Bertz CT molecular complexity index is 1640. The quantitative estimate of drug-likeness (QED) is 0.393. The van der Waals surface area contributed by atoms with Gasteiger partial charge >= 0.3 is 0 Å². The number of aryl methyl sites for hydroxylation is 1. The Morgan fingerprint density at radius 3 is 2.45 bits per heavy atom. The van der Waals surface area contributed by atoms with E-state index in [0.29, 0.717) is 6.42 Å². The van der Waals surface area contributed by atoms with Crippen molar-refractivity contribution in [1.82, 2.24) is 29.9 Å². The van der Waals surface area contributed by atoms with E-state index in [0.717, 1.165) is 34.1 Å². The second-order valence-electron chi connectivity index (χ2n) is 8.18. The fourth-order valence-corrected chi connectivity index (χ4v) is 4.51. The maximum atomic E-state index is 4.77. The molecule has 0 aliphatic carbocycles. The van der Waals surface area contributed by atoms with Gasteiger partial charge in [0.2, 0.25) is 0 Å². The van der Waals surface area contributed by atoms with Gasteiger partial charge < -0.3 is 0 Å². The van der Waals surface area contributed by atoms with Crippen LogP contribution in [0.25, 0.3) is 32.7 Å². The number of fused-ring (bicyclic) bond motifs is 3. The van der Waals surface area contributed by atoms with Crippen molar-refractivity contribution >= 4 is 32.7 Å². The molecule has 0 atom stereocenters. The number of nitrogens with zero attached hydrogens (tertiary/aromatic N) is 6. The minimum absolute atomic E-state index is 0.650. The van der Waals surface area contributed by atoms with E-state index in [-0.39, 0.29) is 0 Å². The molecule has 0 aliphatic heterocycles. The molecule has 0 aliphatic rings. The zero-order valence-corrected chi connectivity index (χ0v) is 18.1. The maximum absolute atomic E-state index is 4.77. The second-order valence-corrected chi connectivity index (χ2v) is 8.18. The van der Waals surface area contributed by atoms with Crippen molar-refractivity contribution < 1.29 is 0 Å². The van der Waals surface area contributed by atoms with Gasteiger partial charge in [-0.05, 0) is 46.7 Å². The van der Waals surface area contributed by atoms with Crippen LogP contribution in [0.3, 0.4) is 0 Å². The second kappa shape index (κ2) is 7.98. The molecular weight excluding hydrogens is 408 g/mol. The summed E-state index contributed by atoms with van der Waals surface area (Å²) >= 11 is 0. The predicted molar refractivity (Wildman–Crippen MR) is 129 cm³/mol. The fourth-order valence-electron chi connectivity index (χ4n) is 4.51. The summed E-state index contributed by atoms with van der Waals surface area (Å²) in [7, 11) is 0. The topological polar surface area (TPSA) is 77.3 Å². The normalized spacial score (nSPS) is 11.4. The van der Waals surface area contributed by atoms with Gasteiger partial charge in [0.1, 0.15) is 23.7 Å². The van der Waals surface area contributed by atoms with Crippen molar-refractivity contribution in [3.05, 3.63) is 108 Å². The third kappa shape index (κ3) is 3.46. The lowest BCUT2D eigenvalue weighted by molar-refractivity contribution is 1.04. The van der Waals surface area contributed by atoms with E-state index in [1.54, 1.807) is 18.9 Å². The molecule has 33 heavy (non-hydrogen) atoms. The summed E-state index contributed by atoms with van der Waals surface area (Å²) in [5.41, 5.74) is 8.32. The Morgan fingerprint density at radius 1 is 0.606 bits per heavy atom. The van der Waals surface area contributed by atoms with Gasteiger partial charge in [0.05, 0.1) is 17.4 Å². The lowest BCUT2D eigenvalue weighted by Crippen LogP contribution is -2.00. The Labute approximate surface area is 190 Å². The number of rotatable bonds is 4. The molecule has 0 fully saturated rings. The molecule has 2 aromatic carbocycles. The number of pyridine rings is 2. The van der Waals surface area contributed by atoms with Gasteiger partial charge in [-0.2, -0.15) is 0 Å². The Morgan fingerprint density at radius 2 is 1.48 bits per heavy atom. The summed E-state index contributed by atoms with van der Waals surface area (Å²) in [6.07, 6.45) is 12.0. The van der Waals surface area contributed by atoms with Gasteiger partial charge in [-0.1, -0.05) is 30.3 Å². The minimum atomic E-state index is 0.650. The van der Waals surface area contributed by atoms with E-state index in [9.17, 15) is 0 Å². The molecule has 6 aromatic rings. The van der Waals surface area contributed by atoms with Crippen molar-refractivity contribution in [2.75, 3.05) is 0 Å². The third-order valence-electron chi connectivity index (χ3n) is 6.19. The van der Waals surface area contributed by atoms with Crippen LogP contribution in [0.4, 0.5) is 0 Å². The summed E-state index contributed by atoms with van der Waals surface area (Å²) in [6.45, 7) is 2.13. The van der Waals surface area contributed by atoms with Crippen LogP contribution in [-0.2, 0) is 12.8 Å². The highest BCUT2D eigenvalue weighted by Gasteiger charge is 2.13. The predicted octanol–water partition coefficient (Wildman–Crippen LogP) is 5.01. The Balaban J connectivity index is 1.44. The first-order chi connectivity index (χ1) is 16.3. The van der Waals surface area contributed by atoms with Crippen molar-refractivity contribution in [1.29, 1.82) is 0 Å². The molecule has 6 rings (SSSR count). The molecule has 0 saturated heterocycles. The van der Waals surface area contributed by atoms with Crippen LogP contribution in [0.15, 0.2) is 79.9 Å². The van der Waals surface area contributed by atoms with E-state index in [1.807, 2.05) is 24.7 Å². The number of hydrogen-bond donors (Lipinski definition) is 0. The Kier molecular flexibility index (Phi) is 4.69. The van der Waals surface area contributed by atoms with E-state index in [2.05, 4.69) is 68.2 Å². The number of benzene rings is 2. The molecule has 0 saturated carbocycles. The molecular formula is C27H20N6. The standard InChI is InChI=1S/C27H20N6/c1-17-4-5-18(21-8-10-28-13-23(17)21)11-20-7-6-19(22-3-2-9-30-26(20)22)12-24-27-25(32-16-31-24)14-29-15-33-27/h2-10,13-16H,11-12H2,1H3. The van der Waals surface area contributed by atoms with Crippen molar-refractivity contribution in [3.63, 3.8) is 0 Å². The van der Waals surface area contributed by atoms with Crippen LogP contribution in [-0.4, -0.2) is 29.9 Å². The lowest BCUT2D eigenvalue weighted by Gasteiger charge is -2.13. The van der Waals surface area contributed by atoms with E-state index in [1.165, 1.54) is 33.0 Å². The Hall–Kier alpha value is -4.32. The summed E-state index contributed by atoms with van der Waals surface area (Å²) in [5, 5.41) is 3.57. The summed E-state index contributed by atoms with van der Waals surface area (Å²) in [6, 6.07) is 15.0. The average Bonchev–Trinajstić information content (AvgIpc) is 2.87. The van der Waals surface area contributed by atoms with E-state index >= 15 is 0 Å². The maximum Gasteiger partial charge on any atom is 0.116 e. The van der Waals surface area contributed by atoms with E-state index < -0.39 is 0 Å². The molecule has 0 bridgehead atoms. The minimum Gasteiger partial charge on any atom is -0.264 e. The fraction of sp³-hybridized carbons (Fsp3) is 0.111. The molecule has 6 heteroatoms. The van der Waals surface area contributed by atoms with Gasteiger partial charge in [-0.15, -0.1) is 0 Å². The third-order valence-corrected chi connectivity index (χ3v) is 6.19. The van der Waals surface area contributed by atoms with Gasteiger partial charge in [0, 0.05) is 42.2 Å². The first-order valence-corrected chi connectivity index (χ1v) is 10.9. The highest BCUT2D eigenvalue weighted by Crippen LogP contribution is 2.29. The molecule has 0 amide bonds. The number of aromatic nitrogens is 6. The number of hydrogen-bond acceptors (Lipinski definition) is 6. The smallest absolute Gasteiger partial charge is 0.116 e. The first kappa shape index (κ1) is 19.4. The van der Waals surface area contributed by atoms with Crippen molar-refractivity contribution in [3.8, 4) is 0 Å². The zero-order valence-electron chi connectivity index (χ0n) is 18.1. The summed E-state index contributed by atoms with van der Waals surface area (Å²) in [5.74, 6) is 0. The molecule has 0 spiro atoms. The molecule has 0 radical (unpaired) electrons. The van der Waals surface area contributed by atoms with Gasteiger partial charge in [-0.25, -0.2) is 19.9 Å². The largest absolute Gasteiger partial charge is 0.264 e. The molecule has 0 unspecified atom stereocenters.